The van der Waals surface area contributed by atoms with Crippen LogP contribution in [-0.2, 0) is 4.79 Å². The molecule has 0 fully saturated rings. The van der Waals surface area contributed by atoms with E-state index >= 15 is 0 Å². The lowest BCUT2D eigenvalue weighted by atomic mass is 10.1. The summed E-state index contributed by atoms with van der Waals surface area (Å²) in [7, 11) is 0. The van der Waals surface area contributed by atoms with Gasteiger partial charge in [0, 0.05) is 22.5 Å². The molecule has 3 aromatic rings. The van der Waals surface area contributed by atoms with E-state index in [2.05, 4.69) is 0 Å². The Labute approximate surface area is 155 Å². The molecule has 134 valence electrons. The third-order valence-electron chi connectivity index (χ3n) is 3.92. The van der Waals surface area contributed by atoms with Crippen LogP contribution < -0.4 is 15.1 Å². The van der Waals surface area contributed by atoms with Crippen LogP contribution in [0, 0.1) is 20.8 Å². The number of carbonyl (C=O) groups excluding carboxylic acids is 1. The highest BCUT2D eigenvalue weighted by Crippen LogP contribution is 2.27. The molecule has 0 amide bonds. The lowest BCUT2D eigenvalue weighted by Crippen LogP contribution is -2.18. The van der Waals surface area contributed by atoms with Gasteiger partial charge in [0.1, 0.15) is 17.1 Å². The number of rotatable bonds is 4. The molecule has 0 unspecified atom stereocenters. The van der Waals surface area contributed by atoms with Gasteiger partial charge in [0.05, 0.1) is 0 Å². The number of hydrogen-bond acceptors (Lipinski definition) is 5. The van der Waals surface area contributed by atoms with E-state index in [1.165, 1.54) is 6.07 Å². The van der Waals surface area contributed by atoms with Gasteiger partial charge in [-0.15, -0.1) is 0 Å². The first kappa shape index (κ1) is 18.0. The summed E-state index contributed by atoms with van der Waals surface area (Å²) >= 11 is 5.97. The summed E-state index contributed by atoms with van der Waals surface area (Å²) in [5, 5.41) is 1.40. The molecule has 3 rings (SSSR count). The molecule has 6 heteroatoms. The Hall–Kier alpha value is -2.79. The average molecular weight is 373 g/mol. The zero-order valence-electron chi connectivity index (χ0n) is 14.6. The van der Waals surface area contributed by atoms with Gasteiger partial charge in [-0.05, 0) is 61.7 Å². The fraction of sp³-hybridized carbons (Fsp3) is 0.200. The van der Waals surface area contributed by atoms with Crippen LogP contribution in [0.3, 0.4) is 0 Å². The van der Waals surface area contributed by atoms with Gasteiger partial charge in [0.25, 0.3) is 0 Å². The largest absolute Gasteiger partial charge is 0.482 e. The monoisotopic (exact) mass is 372 g/mol. The highest BCUT2D eigenvalue weighted by Gasteiger charge is 2.12. The van der Waals surface area contributed by atoms with E-state index in [1.807, 2.05) is 20.8 Å². The maximum Gasteiger partial charge on any atom is 0.349 e. The second-order valence-electron chi connectivity index (χ2n) is 6.04. The van der Waals surface area contributed by atoms with Gasteiger partial charge in [-0.2, -0.15) is 0 Å². The summed E-state index contributed by atoms with van der Waals surface area (Å²) in [5.74, 6) is 0.347. The van der Waals surface area contributed by atoms with Crippen LogP contribution in [0.25, 0.3) is 11.0 Å². The third-order valence-corrected chi connectivity index (χ3v) is 4.14. The minimum atomic E-state index is -0.538. The van der Waals surface area contributed by atoms with E-state index in [9.17, 15) is 9.59 Å². The normalized spacial score (nSPS) is 10.8. The Kier molecular flexibility index (Phi) is 5.00. The highest BCUT2D eigenvalue weighted by molar-refractivity contribution is 6.30. The molecule has 5 nitrogen and oxygen atoms in total. The van der Waals surface area contributed by atoms with Gasteiger partial charge >= 0.3 is 11.6 Å². The molecule has 0 spiro atoms. The molecular weight excluding hydrogens is 356 g/mol. The molecule has 26 heavy (non-hydrogen) atoms. The fourth-order valence-electron chi connectivity index (χ4n) is 2.74. The molecule has 0 saturated heterocycles. The fourth-order valence-corrected chi connectivity index (χ4v) is 3.07. The van der Waals surface area contributed by atoms with Gasteiger partial charge < -0.3 is 13.9 Å². The molecule has 1 heterocycles. The SMILES string of the molecule is Cc1cc(Cl)cc(C)c1OC(=O)COc1ccc2c(C)cc(=O)oc2c1. The number of aryl methyl sites for hydroxylation is 3. The minimum absolute atomic E-state index is 0.275. The molecular formula is C20H17ClO5. The van der Waals surface area contributed by atoms with Crippen molar-refractivity contribution in [2.24, 2.45) is 0 Å². The van der Waals surface area contributed by atoms with E-state index in [0.717, 1.165) is 22.1 Å². The van der Waals surface area contributed by atoms with Crippen molar-refractivity contribution in [2.75, 3.05) is 6.61 Å². The van der Waals surface area contributed by atoms with E-state index in [1.54, 1.807) is 30.3 Å². The standard InChI is InChI=1S/C20H17ClO5/c1-11-8-18(22)25-17-9-15(4-5-16(11)17)24-10-19(23)26-20-12(2)6-14(21)7-13(20)3/h4-9H,10H2,1-3H3. The summed E-state index contributed by atoms with van der Waals surface area (Å²) in [5.41, 5.74) is 2.33. The Balaban J connectivity index is 1.72. The first-order valence-corrected chi connectivity index (χ1v) is 8.36. The van der Waals surface area contributed by atoms with Crippen molar-refractivity contribution in [1.29, 1.82) is 0 Å². The number of carbonyl (C=O) groups is 1. The van der Waals surface area contributed by atoms with Crippen LogP contribution in [0.5, 0.6) is 11.5 Å². The zero-order valence-corrected chi connectivity index (χ0v) is 15.3. The lowest BCUT2D eigenvalue weighted by Gasteiger charge is -2.12. The summed E-state index contributed by atoms with van der Waals surface area (Å²) in [4.78, 5) is 23.6. The number of esters is 1. The molecule has 0 bridgehead atoms. The predicted octanol–water partition coefficient (Wildman–Crippen LogP) is 4.36. The number of ether oxygens (including phenoxy) is 2. The maximum atomic E-state index is 12.1. The van der Waals surface area contributed by atoms with E-state index in [4.69, 9.17) is 25.5 Å². The number of fused-ring (bicyclic) bond motifs is 1. The van der Waals surface area contributed by atoms with Crippen molar-refractivity contribution >= 4 is 28.5 Å². The Morgan fingerprint density at radius 3 is 2.42 bits per heavy atom. The van der Waals surface area contributed by atoms with E-state index in [0.29, 0.717) is 22.1 Å². The first-order valence-electron chi connectivity index (χ1n) is 7.98. The Morgan fingerprint density at radius 1 is 1.04 bits per heavy atom. The van der Waals surface area contributed by atoms with E-state index < -0.39 is 11.6 Å². The highest BCUT2D eigenvalue weighted by atomic mass is 35.5. The van der Waals surface area contributed by atoms with E-state index in [-0.39, 0.29) is 6.61 Å². The van der Waals surface area contributed by atoms with Gasteiger partial charge in [-0.25, -0.2) is 9.59 Å². The number of halogens is 1. The Morgan fingerprint density at radius 2 is 1.73 bits per heavy atom. The van der Waals surface area contributed by atoms with Crippen LogP contribution in [-0.4, -0.2) is 12.6 Å². The van der Waals surface area contributed by atoms with Crippen LogP contribution in [0.1, 0.15) is 16.7 Å². The molecule has 0 aliphatic carbocycles. The molecule has 1 aromatic heterocycles. The van der Waals surface area contributed by atoms with Crippen molar-refractivity contribution in [3.05, 3.63) is 68.5 Å². The minimum Gasteiger partial charge on any atom is -0.482 e. The van der Waals surface area contributed by atoms with Gasteiger partial charge in [-0.3, -0.25) is 0 Å². The summed E-state index contributed by atoms with van der Waals surface area (Å²) in [6.07, 6.45) is 0. The first-order chi connectivity index (χ1) is 12.3. The number of hydrogen-bond donors (Lipinski definition) is 0. The van der Waals surface area contributed by atoms with Gasteiger partial charge in [-0.1, -0.05) is 11.6 Å². The topological polar surface area (TPSA) is 65.7 Å². The summed E-state index contributed by atoms with van der Waals surface area (Å²) in [6, 6.07) is 9.95. The molecule has 0 aliphatic heterocycles. The van der Waals surface area contributed by atoms with Crippen molar-refractivity contribution in [3.63, 3.8) is 0 Å². The van der Waals surface area contributed by atoms with Gasteiger partial charge in [0.2, 0.25) is 0 Å². The Bertz CT molecular complexity index is 1030. The van der Waals surface area contributed by atoms with Gasteiger partial charge in [0.15, 0.2) is 6.61 Å². The molecule has 0 aliphatic rings. The smallest absolute Gasteiger partial charge is 0.349 e. The molecule has 2 aromatic carbocycles. The predicted molar refractivity (Wildman–Crippen MR) is 99.3 cm³/mol. The van der Waals surface area contributed by atoms with Crippen molar-refractivity contribution in [1.82, 2.24) is 0 Å². The van der Waals surface area contributed by atoms with Crippen LogP contribution >= 0.6 is 11.6 Å². The zero-order chi connectivity index (χ0) is 18.8. The molecule has 0 saturated carbocycles. The summed E-state index contributed by atoms with van der Waals surface area (Å²) < 4.78 is 16.0. The average Bonchev–Trinajstić information content (AvgIpc) is 2.55. The quantitative estimate of drug-likeness (QED) is 0.387. The van der Waals surface area contributed by atoms with Crippen molar-refractivity contribution in [3.8, 4) is 11.5 Å². The molecule has 0 atom stereocenters. The van der Waals surface area contributed by atoms with Crippen LogP contribution in [0.2, 0.25) is 5.02 Å². The maximum absolute atomic E-state index is 12.1. The van der Waals surface area contributed by atoms with Crippen molar-refractivity contribution in [2.45, 2.75) is 20.8 Å². The summed E-state index contributed by atoms with van der Waals surface area (Å²) in [6.45, 7) is 5.18. The third kappa shape index (κ3) is 3.89. The lowest BCUT2D eigenvalue weighted by molar-refractivity contribution is -0.136. The molecule has 0 radical (unpaired) electrons. The number of benzene rings is 2. The van der Waals surface area contributed by atoms with Crippen molar-refractivity contribution < 1.29 is 18.7 Å². The van der Waals surface area contributed by atoms with Crippen LogP contribution in [0.4, 0.5) is 0 Å². The molecule has 0 N–H and O–H groups in total. The second-order valence-corrected chi connectivity index (χ2v) is 6.47. The second kappa shape index (κ2) is 7.22. The van der Waals surface area contributed by atoms with Crippen LogP contribution in [0.15, 0.2) is 45.6 Å².